The number of nitrogens with zero attached hydrogens (tertiary/aromatic N) is 2. The summed E-state index contributed by atoms with van der Waals surface area (Å²) in [5, 5.41) is 10.2. The molecule has 1 heterocycles. The van der Waals surface area contributed by atoms with Crippen LogP contribution >= 0.6 is 12.2 Å². The SMILES string of the molecule is CCCc1n[nH]c(=S)n1CC(=O)N[C@@H]1CCCCC1(C)C. The standard InChI is InChI=1S/C15H26N4OS/c1-4-7-12-17-18-14(21)19(12)10-13(20)16-11-8-5-6-9-15(11,2)3/h11H,4-10H2,1-3H3,(H,16,20)(H,18,21)/t11-/m1/s1. The third-order valence-electron chi connectivity index (χ3n) is 4.46. The summed E-state index contributed by atoms with van der Waals surface area (Å²) in [4.78, 5) is 12.4. The zero-order valence-electron chi connectivity index (χ0n) is 13.2. The van der Waals surface area contributed by atoms with Crippen molar-refractivity contribution < 1.29 is 4.79 Å². The molecule has 0 saturated heterocycles. The second kappa shape index (κ2) is 6.73. The van der Waals surface area contributed by atoms with E-state index in [1.54, 1.807) is 0 Å². The highest BCUT2D eigenvalue weighted by atomic mass is 32.1. The molecule has 118 valence electrons. The number of aromatic nitrogens is 3. The molecule has 1 saturated carbocycles. The van der Waals surface area contributed by atoms with Crippen LogP contribution in [0, 0.1) is 10.2 Å². The lowest BCUT2D eigenvalue weighted by Gasteiger charge is -2.39. The number of hydrogen-bond donors (Lipinski definition) is 2. The number of aryl methyl sites for hydroxylation is 1. The van der Waals surface area contributed by atoms with E-state index in [1.165, 1.54) is 19.3 Å². The number of hydrogen-bond acceptors (Lipinski definition) is 3. The number of carbonyl (C=O) groups is 1. The lowest BCUT2D eigenvalue weighted by Crippen LogP contribution is -2.47. The van der Waals surface area contributed by atoms with Crippen molar-refractivity contribution in [2.24, 2.45) is 5.41 Å². The van der Waals surface area contributed by atoms with Crippen molar-refractivity contribution in [3.63, 3.8) is 0 Å². The predicted octanol–water partition coefficient (Wildman–Crippen LogP) is 2.98. The molecule has 1 atom stereocenters. The van der Waals surface area contributed by atoms with E-state index in [1.807, 2.05) is 4.57 Å². The predicted molar refractivity (Wildman–Crippen MR) is 85.6 cm³/mol. The van der Waals surface area contributed by atoms with Gasteiger partial charge >= 0.3 is 0 Å². The molecular formula is C15H26N4OS. The third kappa shape index (κ3) is 3.93. The van der Waals surface area contributed by atoms with E-state index in [0.717, 1.165) is 25.1 Å². The van der Waals surface area contributed by atoms with Crippen LogP contribution in [-0.4, -0.2) is 26.7 Å². The van der Waals surface area contributed by atoms with Crippen LogP contribution in [0.2, 0.25) is 0 Å². The molecule has 6 heteroatoms. The van der Waals surface area contributed by atoms with Crippen LogP contribution in [0.3, 0.4) is 0 Å². The summed E-state index contributed by atoms with van der Waals surface area (Å²) in [6.07, 6.45) is 6.50. The first-order chi connectivity index (χ1) is 9.94. The van der Waals surface area contributed by atoms with Gasteiger partial charge in [-0.2, -0.15) is 5.10 Å². The Balaban J connectivity index is 2.02. The summed E-state index contributed by atoms with van der Waals surface area (Å²) in [7, 11) is 0. The fourth-order valence-electron chi connectivity index (χ4n) is 3.07. The van der Waals surface area contributed by atoms with Gasteiger partial charge in [0.25, 0.3) is 0 Å². The van der Waals surface area contributed by atoms with Crippen molar-refractivity contribution in [3.8, 4) is 0 Å². The first-order valence-corrected chi connectivity index (χ1v) is 8.28. The van der Waals surface area contributed by atoms with Gasteiger partial charge in [0.15, 0.2) is 4.77 Å². The van der Waals surface area contributed by atoms with Gasteiger partial charge in [-0.1, -0.05) is 33.6 Å². The van der Waals surface area contributed by atoms with Gasteiger partial charge in [0.05, 0.1) is 0 Å². The van der Waals surface area contributed by atoms with Gasteiger partial charge in [-0.05, 0) is 36.9 Å². The zero-order chi connectivity index (χ0) is 15.5. The number of nitrogens with one attached hydrogen (secondary N) is 2. The van der Waals surface area contributed by atoms with Crippen molar-refractivity contribution in [1.82, 2.24) is 20.1 Å². The van der Waals surface area contributed by atoms with Gasteiger partial charge < -0.3 is 5.32 Å². The molecule has 1 aliphatic carbocycles. The van der Waals surface area contributed by atoms with E-state index in [2.05, 4.69) is 36.3 Å². The van der Waals surface area contributed by atoms with Gasteiger partial charge in [0, 0.05) is 12.5 Å². The van der Waals surface area contributed by atoms with Crippen molar-refractivity contribution >= 4 is 18.1 Å². The van der Waals surface area contributed by atoms with Crippen LogP contribution < -0.4 is 5.32 Å². The summed E-state index contributed by atoms with van der Waals surface area (Å²) < 4.78 is 2.33. The second-order valence-electron chi connectivity index (χ2n) is 6.64. The number of H-pyrrole nitrogens is 1. The highest BCUT2D eigenvalue weighted by Gasteiger charge is 2.33. The van der Waals surface area contributed by atoms with Crippen LogP contribution in [0.4, 0.5) is 0 Å². The zero-order valence-corrected chi connectivity index (χ0v) is 14.1. The molecule has 0 bridgehead atoms. The average molecular weight is 310 g/mol. The molecule has 21 heavy (non-hydrogen) atoms. The quantitative estimate of drug-likeness (QED) is 0.822. The second-order valence-corrected chi connectivity index (χ2v) is 7.02. The van der Waals surface area contributed by atoms with Crippen LogP contribution in [0.25, 0.3) is 0 Å². The molecule has 0 aromatic carbocycles. The van der Waals surface area contributed by atoms with Crippen molar-refractivity contribution in [2.45, 2.75) is 71.9 Å². The van der Waals surface area contributed by atoms with Gasteiger partial charge in [-0.25, -0.2) is 0 Å². The number of aromatic amines is 1. The first kappa shape index (κ1) is 16.2. The van der Waals surface area contributed by atoms with Gasteiger partial charge in [-0.15, -0.1) is 0 Å². The topological polar surface area (TPSA) is 62.7 Å². The highest BCUT2D eigenvalue weighted by molar-refractivity contribution is 7.71. The summed E-state index contributed by atoms with van der Waals surface area (Å²) >= 11 is 5.22. The fraction of sp³-hybridized carbons (Fsp3) is 0.800. The molecule has 1 aromatic heterocycles. The molecule has 2 N–H and O–H groups in total. The van der Waals surface area contributed by atoms with Gasteiger partial charge in [0.1, 0.15) is 12.4 Å². The normalized spacial score (nSPS) is 21.2. The minimum absolute atomic E-state index is 0.0322. The summed E-state index contributed by atoms with van der Waals surface area (Å²) in [6, 6.07) is 0.259. The maximum absolute atomic E-state index is 12.4. The van der Waals surface area contributed by atoms with Crippen LogP contribution in [0.15, 0.2) is 0 Å². The molecule has 0 spiro atoms. The van der Waals surface area contributed by atoms with E-state index in [0.29, 0.717) is 4.77 Å². The molecule has 5 nitrogen and oxygen atoms in total. The summed E-state index contributed by atoms with van der Waals surface area (Å²) in [5.74, 6) is 0.894. The molecule has 1 aromatic rings. The fourth-order valence-corrected chi connectivity index (χ4v) is 3.29. The Labute approximate surface area is 131 Å². The van der Waals surface area contributed by atoms with Crippen molar-refractivity contribution in [1.29, 1.82) is 0 Å². The van der Waals surface area contributed by atoms with E-state index in [4.69, 9.17) is 12.2 Å². The molecule has 0 radical (unpaired) electrons. The van der Waals surface area contributed by atoms with Crippen LogP contribution in [0.5, 0.6) is 0 Å². The minimum atomic E-state index is 0.0322. The largest absolute Gasteiger partial charge is 0.351 e. The lowest BCUT2D eigenvalue weighted by molar-refractivity contribution is -0.123. The monoisotopic (exact) mass is 310 g/mol. The Hall–Kier alpha value is -1.17. The molecule has 1 fully saturated rings. The Bertz CT molecular complexity index is 546. The minimum Gasteiger partial charge on any atom is -0.351 e. The molecule has 0 aliphatic heterocycles. The van der Waals surface area contributed by atoms with Crippen LogP contribution in [-0.2, 0) is 17.8 Å². The Morgan fingerprint density at radius 2 is 2.29 bits per heavy atom. The molecule has 0 unspecified atom stereocenters. The highest BCUT2D eigenvalue weighted by Crippen LogP contribution is 2.35. The van der Waals surface area contributed by atoms with Gasteiger partial charge in [0.2, 0.25) is 5.91 Å². The Morgan fingerprint density at radius 3 is 2.95 bits per heavy atom. The van der Waals surface area contributed by atoms with Crippen molar-refractivity contribution in [3.05, 3.63) is 10.6 Å². The molecule has 1 amide bonds. The molecular weight excluding hydrogens is 284 g/mol. The lowest BCUT2D eigenvalue weighted by atomic mass is 9.73. The average Bonchev–Trinajstić information content (AvgIpc) is 2.74. The maximum Gasteiger partial charge on any atom is 0.240 e. The molecule has 2 rings (SSSR count). The van der Waals surface area contributed by atoms with E-state index < -0.39 is 0 Å². The summed E-state index contributed by atoms with van der Waals surface area (Å²) in [6.45, 7) is 6.83. The van der Waals surface area contributed by atoms with E-state index in [-0.39, 0.29) is 23.9 Å². The Kier molecular flexibility index (Phi) is 5.19. The molecule has 1 aliphatic rings. The Morgan fingerprint density at radius 1 is 1.52 bits per heavy atom. The smallest absolute Gasteiger partial charge is 0.240 e. The number of rotatable bonds is 5. The van der Waals surface area contributed by atoms with E-state index in [9.17, 15) is 4.79 Å². The van der Waals surface area contributed by atoms with Crippen LogP contribution in [0.1, 0.15) is 58.7 Å². The van der Waals surface area contributed by atoms with E-state index >= 15 is 0 Å². The number of amides is 1. The summed E-state index contributed by atoms with van der Waals surface area (Å²) in [5.41, 5.74) is 0.179. The van der Waals surface area contributed by atoms with Gasteiger partial charge in [-0.3, -0.25) is 14.5 Å². The first-order valence-electron chi connectivity index (χ1n) is 7.87. The maximum atomic E-state index is 12.4. The third-order valence-corrected chi connectivity index (χ3v) is 4.77. The van der Waals surface area contributed by atoms with Crippen molar-refractivity contribution in [2.75, 3.05) is 0 Å². The number of carbonyl (C=O) groups excluding carboxylic acids is 1.